The largest absolute Gasteiger partial charge is 0.486 e. The number of rotatable bonds is 9. The van der Waals surface area contributed by atoms with E-state index in [0.29, 0.717) is 6.61 Å². The summed E-state index contributed by atoms with van der Waals surface area (Å²) in [5.41, 5.74) is -0.377. The van der Waals surface area contributed by atoms with Crippen LogP contribution in [0.15, 0.2) is 18.2 Å². The van der Waals surface area contributed by atoms with Gasteiger partial charge in [-0.25, -0.2) is 4.39 Å². The normalized spacial score (nSPS) is 11.4. The molecule has 0 saturated heterocycles. The highest BCUT2D eigenvalue weighted by Crippen LogP contribution is 2.35. The predicted octanol–water partition coefficient (Wildman–Crippen LogP) is 5.09. The van der Waals surface area contributed by atoms with Crippen molar-refractivity contribution in [2.45, 2.75) is 39.5 Å². The van der Waals surface area contributed by atoms with E-state index >= 15 is 0 Å². The molecule has 0 spiro atoms. The van der Waals surface area contributed by atoms with Crippen molar-refractivity contribution in [3.05, 3.63) is 34.1 Å². The van der Waals surface area contributed by atoms with Crippen molar-refractivity contribution >= 4 is 21.6 Å². The molecule has 4 nitrogen and oxygen atoms in total. The van der Waals surface area contributed by atoms with Crippen molar-refractivity contribution in [3.8, 4) is 5.75 Å². The Morgan fingerprint density at radius 3 is 2.43 bits per heavy atom. The zero-order valence-corrected chi connectivity index (χ0v) is 14.0. The average molecular weight is 362 g/mol. The maximum Gasteiger partial charge on any atom is 0.313 e. The van der Waals surface area contributed by atoms with Gasteiger partial charge in [0.2, 0.25) is 0 Å². The highest BCUT2D eigenvalue weighted by atomic mass is 79.9. The molecule has 21 heavy (non-hydrogen) atoms. The fourth-order valence-corrected chi connectivity index (χ4v) is 3.21. The van der Waals surface area contributed by atoms with Crippen LogP contribution in [0.4, 0.5) is 10.1 Å². The Bertz CT molecular complexity index is 476. The third-order valence-corrected chi connectivity index (χ3v) is 4.69. The Balaban J connectivity index is 2.92. The molecule has 0 amide bonds. The molecule has 1 rings (SSSR count). The van der Waals surface area contributed by atoms with Crippen LogP contribution in [0.2, 0.25) is 0 Å². The molecule has 0 aliphatic rings. The number of alkyl halides is 1. The van der Waals surface area contributed by atoms with Gasteiger partial charge in [0.25, 0.3) is 0 Å². The summed E-state index contributed by atoms with van der Waals surface area (Å²) in [6, 6.07) is 3.40. The topological polar surface area (TPSA) is 52.4 Å². The van der Waals surface area contributed by atoms with E-state index in [1.54, 1.807) is 0 Å². The van der Waals surface area contributed by atoms with Crippen LogP contribution in [0.25, 0.3) is 0 Å². The number of nitrogens with zero attached hydrogens (tertiary/aromatic N) is 1. The molecular weight excluding hydrogens is 341 g/mol. The number of hydrogen-bond donors (Lipinski definition) is 0. The van der Waals surface area contributed by atoms with Gasteiger partial charge in [-0.15, -0.1) is 0 Å². The van der Waals surface area contributed by atoms with E-state index in [-0.39, 0.29) is 16.9 Å². The summed E-state index contributed by atoms with van der Waals surface area (Å²) in [6.45, 7) is 4.59. The number of halogens is 2. The van der Waals surface area contributed by atoms with Crippen molar-refractivity contribution in [1.82, 2.24) is 0 Å². The molecule has 0 unspecified atom stereocenters. The first-order chi connectivity index (χ1) is 9.98. The van der Waals surface area contributed by atoms with Crippen LogP contribution in [0, 0.1) is 21.3 Å². The maximum absolute atomic E-state index is 13.1. The lowest BCUT2D eigenvalue weighted by Gasteiger charge is -2.31. The number of ether oxygens (including phenoxy) is 1. The Labute approximate surface area is 133 Å². The summed E-state index contributed by atoms with van der Waals surface area (Å²) in [7, 11) is 0. The molecule has 0 bridgehead atoms. The smallest absolute Gasteiger partial charge is 0.313 e. The standard InChI is InChI=1S/C15H21BrFNO3/c1-3-7-15(10-16,8-4-2)11-21-14-6-5-12(17)9-13(14)18(19)20/h5-6,9H,3-4,7-8,10-11H2,1-2H3. The van der Waals surface area contributed by atoms with Crippen LogP contribution in [0.1, 0.15) is 39.5 Å². The molecule has 0 aliphatic carbocycles. The minimum absolute atomic E-state index is 0.0498. The Kier molecular flexibility index (Phi) is 7.08. The first-order valence-corrected chi connectivity index (χ1v) is 8.23. The fourth-order valence-electron chi connectivity index (χ4n) is 2.49. The fraction of sp³-hybridized carbons (Fsp3) is 0.600. The van der Waals surface area contributed by atoms with Gasteiger partial charge in [-0.05, 0) is 25.0 Å². The van der Waals surface area contributed by atoms with E-state index in [0.717, 1.165) is 37.1 Å². The van der Waals surface area contributed by atoms with Crippen molar-refractivity contribution in [3.63, 3.8) is 0 Å². The molecule has 118 valence electrons. The molecule has 0 aliphatic heterocycles. The van der Waals surface area contributed by atoms with Gasteiger partial charge >= 0.3 is 5.69 Å². The molecule has 0 aromatic heterocycles. The lowest BCUT2D eigenvalue weighted by Crippen LogP contribution is -2.30. The number of nitro groups is 1. The molecular formula is C15H21BrFNO3. The Morgan fingerprint density at radius 2 is 1.95 bits per heavy atom. The molecule has 0 saturated carbocycles. The summed E-state index contributed by atoms with van der Waals surface area (Å²) in [6.07, 6.45) is 3.98. The van der Waals surface area contributed by atoms with E-state index in [2.05, 4.69) is 29.8 Å². The van der Waals surface area contributed by atoms with Gasteiger partial charge in [-0.1, -0.05) is 42.6 Å². The van der Waals surface area contributed by atoms with Crippen LogP contribution < -0.4 is 4.74 Å². The van der Waals surface area contributed by atoms with Crippen LogP contribution in [-0.2, 0) is 0 Å². The Hall–Kier alpha value is -1.17. The first kappa shape index (κ1) is 17.9. The highest BCUT2D eigenvalue weighted by Gasteiger charge is 2.29. The van der Waals surface area contributed by atoms with Crippen molar-refractivity contribution in [1.29, 1.82) is 0 Å². The zero-order chi connectivity index (χ0) is 15.9. The molecule has 1 aromatic carbocycles. The van der Waals surface area contributed by atoms with Crippen LogP contribution in [-0.4, -0.2) is 16.9 Å². The van der Waals surface area contributed by atoms with Crippen LogP contribution in [0.3, 0.4) is 0 Å². The van der Waals surface area contributed by atoms with Gasteiger partial charge in [-0.3, -0.25) is 10.1 Å². The SMILES string of the molecule is CCCC(CBr)(CCC)COc1ccc(F)cc1[N+](=O)[O-]. The maximum atomic E-state index is 13.1. The van der Waals surface area contributed by atoms with Crippen LogP contribution in [0.5, 0.6) is 5.75 Å². The van der Waals surface area contributed by atoms with Crippen molar-refractivity contribution < 1.29 is 14.1 Å². The number of nitro benzene ring substituents is 1. The second-order valence-electron chi connectivity index (χ2n) is 5.29. The van der Waals surface area contributed by atoms with E-state index in [4.69, 9.17) is 4.74 Å². The van der Waals surface area contributed by atoms with Gasteiger partial charge < -0.3 is 4.74 Å². The molecule has 0 heterocycles. The van der Waals surface area contributed by atoms with Gasteiger partial charge in [0, 0.05) is 10.7 Å². The van der Waals surface area contributed by atoms with Crippen molar-refractivity contribution in [2.75, 3.05) is 11.9 Å². The lowest BCUT2D eigenvalue weighted by molar-refractivity contribution is -0.386. The lowest BCUT2D eigenvalue weighted by atomic mass is 9.82. The minimum Gasteiger partial charge on any atom is -0.486 e. The Morgan fingerprint density at radius 1 is 1.33 bits per heavy atom. The second-order valence-corrected chi connectivity index (χ2v) is 5.85. The number of hydrogen-bond acceptors (Lipinski definition) is 3. The molecule has 0 radical (unpaired) electrons. The summed E-state index contributed by atoms with van der Waals surface area (Å²) >= 11 is 3.53. The molecule has 0 N–H and O–H groups in total. The van der Waals surface area contributed by atoms with E-state index in [1.165, 1.54) is 12.1 Å². The quantitative estimate of drug-likeness (QED) is 0.349. The van der Waals surface area contributed by atoms with E-state index in [1.807, 2.05) is 0 Å². The minimum atomic E-state index is -0.636. The van der Waals surface area contributed by atoms with Gasteiger partial charge in [0.15, 0.2) is 5.75 Å². The van der Waals surface area contributed by atoms with E-state index < -0.39 is 10.7 Å². The summed E-state index contributed by atoms with van der Waals surface area (Å²) in [5.74, 6) is -0.512. The zero-order valence-electron chi connectivity index (χ0n) is 12.4. The van der Waals surface area contributed by atoms with Gasteiger partial charge in [0.1, 0.15) is 5.82 Å². The molecule has 0 atom stereocenters. The summed E-state index contributed by atoms with van der Waals surface area (Å²) in [5, 5.41) is 11.7. The molecule has 1 aromatic rings. The average Bonchev–Trinajstić information content (AvgIpc) is 2.46. The van der Waals surface area contributed by atoms with Crippen molar-refractivity contribution in [2.24, 2.45) is 5.41 Å². The van der Waals surface area contributed by atoms with Crippen LogP contribution >= 0.6 is 15.9 Å². The number of benzene rings is 1. The molecule has 0 fully saturated rings. The van der Waals surface area contributed by atoms with Gasteiger partial charge in [-0.2, -0.15) is 0 Å². The summed E-state index contributed by atoms with van der Waals surface area (Å²) in [4.78, 5) is 10.4. The molecule has 6 heteroatoms. The van der Waals surface area contributed by atoms with E-state index in [9.17, 15) is 14.5 Å². The van der Waals surface area contributed by atoms with Gasteiger partial charge in [0.05, 0.1) is 17.6 Å². The monoisotopic (exact) mass is 361 g/mol. The first-order valence-electron chi connectivity index (χ1n) is 7.10. The second kappa shape index (κ2) is 8.32. The third-order valence-electron chi connectivity index (χ3n) is 3.50. The predicted molar refractivity (Wildman–Crippen MR) is 84.6 cm³/mol. The third kappa shape index (κ3) is 4.95. The highest BCUT2D eigenvalue weighted by molar-refractivity contribution is 9.09. The summed E-state index contributed by atoms with van der Waals surface area (Å²) < 4.78 is 18.8.